The van der Waals surface area contributed by atoms with E-state index in [2.05, 4.69) is 6.07 Å². The van der Waals surface area contributed by atoms with Gasteiger partial charge in [0.1, 0.15) is 10.7 Å². The fourth-order valence-corrected chi connectivity index (χ4v) is 5.37. The van der Waals surface area contributed by atoms with Gasteiger partial charge in [0.25, 0.3) is 5.56 Å². The molecule has 29 heavy (non-hydrogen) atoms. The van der Waals surface area contributed by atoms with Gasteiger partial charge in [-0.1, -0.05) is 18.2 Å². The number of rotatable bonds is 6. The average Bonchev–Trinajstić information content (AvgIpc) is 3.36. The van der Waals surface area contributed by atoms with Crippen molar-refractivity contribution in [3.05, 3.63) is 74.0 Å². The number of aryl methyl sites for hydroxylation is 1. The third-order valence-electron chi connectivity index (χ3n) is 4.76. The molecular formula is C22H19N3O2S2. The molecule has 0 N–H and O–H groups in total. The minimum atomic E-state index is -0.0452. The van der Waals surface area contributed by atoms with Gasteiger partial charge in [0.2, 0.25) is 0 Å². The maximum Gasteiger partial charge on any atom is 0.263 e. The van der Waals surface area contributed by atoms with Gasteiger partial charge in [0.05, 0.1) is 30.2 Å². The predicted molar refractivity (Wildman–Crippen MR) is 118 cm³/mol. The van der Waals surface area contributed by atoms with Crippen LogP contribution in [0.1, 0.15) is 21.8 Å². The van der Waals surface area contributed by atoms with Crippen LogP contribution in [0.2, 0.25) is 0 Å². The highest BCUT2D eigenvalue weighted by Crippen LogP contribution is 2.38. The highest BCUT2D eigenvalue weighted by atomic mass is 32.1. The zero-order chi connectivity index (χ0) is 20.4. The molecule has 4 aromatic rings. The number of nitrogens with zero attached hydrogens (tertiary/aromatic N) is 3. The van der Waals surface area contributed by atoms with Crippen LogP contribution in [-0.4, -0.2) is 23.3 Å². The van der Waals surface area contributed by atoms with Gasteiger partial charge in [-0.25, -0.2) is 4.98 Å². The molecule has 7 heteroatoms. The van der Waals surface area contributed by atoms with E-state index < -0.39 is 0 Å². The second kappa shape index (κ2) is 8.29. The van der Waals surface area contributed by atoms with Gasteiger partial charge < -0.3 is 4.74 Å². The molecule has 3 aromatic heterocycles. The molecule has 0 aliphatic heterocycles. The van der Waals surface area contributed by atoms with Crippen LogP contribution in [0.3, 0.4) is 0 Å². The smallest absolute Gasteiger partial charge is 0.263 e. The first-order valence-corrected chi connectivity index (χ1v) is 10.9. The largest absolute Gasteiger partial charge is 0.384 e. The number of thiophene rings is 2. The summed E-state index contributed by atoms with van der Waals surface area (Å²) in [5.74, 6) is 0.700. The average molecular weight is 422 g/mol. The van der Waals surface area contributed by atoms with Gasteiger partial charge >= 0.3 is 0 Å². The van der Waals surface area contributed by atoms with E-state index in [1.807, 2.05) is 42.6 Å². The van der Waals surface area contributed by atoms with Crippen molar-refractivity contribution in [2.24, 2.45) is 0 Å². The molecule has 146 valence electrons. The molecule has 0 fully saturated rings. The van der Waals surface area contributed by atoms with Gasteiger partial charge in [0, 0.05) is 28.8 Å². The van der Waals surface area contributed by atoms with E-state index in [4.69, 9.17) is 9.72 Å². The maximum atomic E-state index is 13.6. The fourth-order valence-electron chi connectivity index (χ4n) is 3.42. The van der Waals surface area contributed by atoms with Crippen molar-refractivity contribution in [3.8, 4) is 16.5 Å². The van der Waals surface area contributed by atoms with Crippen LogP contribution >= 0.6 is 22.7 Å². The monoisotopic (exact) mass is 421 g/mol. The number of aromatic nitrogens is 2. The van der Waals surface area contributed by atoms with Gasteiger partial charge in [-0.2, -0.15) is 5.26 Å². The van der Waals surface area contributed by atoms with Crippen LogP contribution in [0.15, 0.2) is 46.6 Å². The van der Waals surface area contributed by atoms with Crippen molar-refractivity contribution in [1.82, 2.24) is 9.55 Å². The molecule has 5 nitrogen and oxygen atoms in total. The fraction of sp³-hybridized carbons (Fsp3) is 0.227. The second-order valence-corrected chi connectivity index (χ2v) is 8.82. The molecule has 0 unspecified atom stereocenters. The Morgan fingerprint density at radius 1 is 1.28 bits per heavy atom. The van der Waals surface area contributed by atoms with Crippen molar-refractivity contribution in [3.63, 3.8) is 0 Å². The van der Waals surface area contributed by atoms with E-state index >= 15 is 0 Å². The summed E-state index contributed by atoms with van der Waals surface area (Å²) in [6.45, 7) is 2.89. The summed E-state index contributed by atoms with van der Waals surface area (Å²) in [6, 6.07) is 13.5. The molecule has 0 radical (unpaired) electrons. The summed E-state index contributed by atoms with van der Waals surface area (Å²) >= 11 is 3.18. The Morgan fingerprint density at radius 2 is 2.14 bits per heavy atom. The summed E-state index contributed by atoms with van der Waals surface area (Å²) in [5.41, 5.74) is 2.41. The third-order valence-corrected chi connectivity index (χ3v) is 6.65. The van der Waals surface area contributed by atoms with Crippen molar-refractivity contribution in [2.45, 2.75) is 19.9 Å². The van der Waals surface area contributed by atoms with Gasteiger partial charge in [-0.15, -0.1) is 22.7 Å². The first kappa shape index (κ1) is 19.5. The number of ether oxygens (including phenoxy) is 1. The number of methoxy groups -OCH3 is 1. The van der Waals surface area contributed by atoms with E-state index in [1.54, 1.807) is 40.4 Å². The number of hydrogen-bond acceptors (Lipinski definition) is 6. The Morgan fingerprint density at radius 3 is 2.86 bits per heavy atom. The molecule has 0 bridgehead atoms. The minimum Gasteiger partial charge on any atom is -0.384 e. The topological polar surface area (TPSA) is 67.9 Å². The number of hydrogen-bond donors (Lipinski definition) is 0. The molecule has 0 spiro atoms. The summed E-state index contributed by atoms with van der Waals surface area (Å²) < 4.78 is 6.96. The highest BCUT2D eigenvalue weighted by Gasteiger charge is 2.20. The maximum absolute atomic E-state index is 13.6. The molecule has 0 amide bonds. The van der Waals surface area contributed by atoms with E-state index in [0.717, 1.165) is 25.7 Å². The van der Waals surface area contributed by atoms with Crippen molar-refractivity contribution in [1.29, 1.82) is 5.26 Å². The van der Waals surface area contributed by atoms with E-state index in [0.29, 0.717) is 36.3 Å². The Kier molecular flexibility index (Phi) is 5.58. The first-order valence-electron chi connectivity index (χ1n) is 9.17. The van der Waals surface area contributed by atoms with Crippen molar-refractivity contribution in [2.75, 3.05) is 13.7 Å². The van der Waals surface area contributed by atoms with E-state index in [9.17, 15) is 10.1 Å². The molecule has 0 aliphatic rings. The number of benzene rings is 1. The highest BCUT2D eigenvalue weighted by molar-refractivity contribution is 7.20. The van der Waals surface area contributed by atoms with Crippen LogP contribution in [-0.2, 0) is 17.7 Å². The number of fused-ring (bicyclic) bond motifs is 1. The summed E-state index contributed by atoms with van der Waals surface area (Å²) in [6.07, 6.45) is 0.547. The van der Waals surface area contributed by atoms with Gasteiger partial charge in [0.15, 0.2) is 0 Å². The molecular weight excluding hydrogens is 402 g/mol. The molecule has 0 saturated carbocycles. The standard InChI is InChI=1S/C22H19N3O2S2/c1-14-19(17-7-4-10-28-17)20-21(29-14)24-18(8-9-27-2)25(22(20)26)13-16-6-3-5-15(11-16)12-23/h3-7,10-11H,8-9,13H2,1-2H3. The normalized spacial score (nSPS) is 11.1. The molecule has 0 saturated heterocycles. The zero-order valence-electron chi connectivity index (χ0n) is 16.1. The summed E-state index contributed by atoms with van der Waals surface area (Å²) in [7, 11) is 1.64. The van der Waals surface area contributed by atoms with E-state index in [1.165, 1.54) is 0 Å². The molecule has 3 heterocycles. The Hall–Kier alpha value is -2.79. The van der Waals surface area contributed by atoms with Crippen molar-refractivity contribution >= 4 is 32.9 Å². The summed E-state index contributed by atoms with van der Waals surface area (Å²) in [5, 5.41) is 11.9. The molecule has 0 aliphatic carbocycles. The lowest BCUT2D eigenvalue weighted by atomic mass is 10.1. The minimum absolute atomic E-state index is 0.0452. The Balaban J connectivity index is 1.92. The lowest BCUT2D eigenvalue weighted by molar-refractivity contribution is 0.199. The molecule has 1 aromatic carbocycles. The second-order valence-electron chi connectivity index (χ2n) is 6.67. The lowest BCUT2D eigenvalue weighted by Gasteiger charge is -2.13. The summed E-state index contributed by atoms with van der Waals surface area (Å²) in [4.78, 5) is 21.4. The van der Waals surface area contributed by atoms with Crippen LogP contribution in [0.5, 0.6) is 0 Å². The van der Waals surface area contributed by atoms with Crippen LogP contribution in [0, 0.1) is 18.3 Å². The van der Waals surface area contributed by atoms with Crippen molar-refractivity contribution < 1.29 is 4.74 Å². The quantitative estimate of drug-likeness (QED) is 0.456. The molecule has 4 rings (SSSR count). The third kappa shape index (κ3) is 3.75. The Labute approximate surface area is 176 Å². The Bertz CT molecular complexity index is 1260. The zero-order valence-corrected chi connectivity index (χ0v) is 17.8. The first-order chi connectivity index (χ1) is 14.1. The van der Waals surface area contributed by atoms with Gasteiger partial charge in [-0.3, -0.25) is 9.36 Å². The number of nitriles is 1. The van der Waals surface area contributed by atoms with Crippen LogP contribution in [0.25, 0.3) is 20.7 Å². The van der Waals surface area contributed by atoms with E-state index in [-0.39, 0.29) is 5.56 Å². The van der Waals surface area contributed by atoms with Gasteiger partial charge in [-0.05, 0) is 36.1 Å². The van der Waals surface area contributed by atoms with Crippen LogP contribution < -0.4 is 5.56 Å². The lowest BCUT2D eigenvalue weighted by Crippen LogP contribution is -2.26. The SMILES string of the molecule is COCCc1nc2sc(C)c(-c3cccs3)c2c(=O)n1Cc1cccc(C#N)c1. The predicted octanol–water partition coefficient (Wildman–Crippen LogP) is 4.60. The molecule has 0 atom stereocenters. The van der Waals surface area contributed by atoms with Crippen LogP contribution in [0.4, 0.5) is 0 Å².